The van der Waals surface area contributed by atoms with Gasteiger partial charge in [-0.2, -0.15) is 8.42 Å². The van der Waals surface area contributed by atoms with Crippen LogP contribution in [0, 0.1) is 6.92 Å². The summed E-state index contributed by atoms with van der Waals surface area (Å²) in [6, 6.07) is 14.9. The molecule has 0 aliphatic heterocycles. The van der Waals surface area contributed by atoms with E-state index in [0.717, 1.165) is 22.9 Å². The summed E-state index contributed by atoms with van der Waals surface area (Å²) in [6.45, 7) is 1.93. The Balaban J connectivity index is 1.59. The fraction of sp³-hybridized carbons (Fsp3) is 0.263. The fourth-order valence-corrected chi connectivity index (χ4v) is 4.46. The van der Waals surface area contributed by atoms with Crippen molar-refractivity contribution in [2.45, 2.75) is 37.2 Å². The highest BCUT2D eigenvalue weighted by Gasteiger charge is 2.28. The number of nitrogens with one attached hydrogen (secondary N) is 1. The Kier molecular flexibility index (Phi) is 3.70. The third-order valence-electron chi connectivity index (χ3n) is 4.62. The third-order valence-corrected chi connectivity index (χ3v) is 6.00. The van der Waals surface area contributed by atoms with Crippen LogP contribution in [-0.2, 0) is 27.1 Å². The molecule has 0 amide bonds. The normalized spacial score (nSPS) is 17.8. The second-order valence-electron chi connectivity index (χ2n) is 6.36. The van der Waals surface area contributed by atoms with Gasteiger partial charge in [-0.3, -0.25) is 4.18 Å². The second kappa shape index (κ2) is 5.76. The predicted molar refractivity (Wildman–Crippen MR) is 93.6 cm³/mol. The van der Waals surface area contributed by atoms with Crippen molar-refractivity contribution < 1.29 is 12.6 Å². The summed E-state index contributed by atoms with van der Waals surface area (Å²) in [5.74, 6) is 0. The zero-order valence-electron chi connectivity index (χ0n) is 13.5. The van der Waals surface area contributed by atoms with Crippen molar-refractivity contribution in [2.75, 3.05) is 0 Å². The average Bonchev–Trinajstić information content (AvgIpc) is 2.93. The number of hydrogen-bond acceptors (Lipinski definition) is 3. The highest BCUT2D eigenvalue weighted by Crippen LogP contribution is 2.31. The Hall–Kier alpha value is -2.11. The maximum Gasteiger partial charge on any atom is 0.297 e. The van der Waals surface area contributed by atoms with Gasteiger partial charge in [-0.15, -0.1) is 0 Å². The molecule has 1 aromatic heterocycles. The van der Waals surface area contributed by atoms with Gasteiger partial charge in [0, 0.05) is 23.0 Å². The number of para-hydroxylation sites is 1. The molecule has 0 bridgehead atoms. The van der Waals surface area contributed by atoms with E-state index < -0.39 is 10.1 Å². The zero-order chi connectivity index (χ0) is 16.7. The molecule has 24 heavy (non-hydrogen) atoms. The number of aromatic amines is 1. The summed E-state index contributed by atoms with van der Waals surface area (Å²) < 4.78 is 30.5. The van der Waals surface area contributed by atoms with Crippen molar-refractivity contribution in [3.05, 3.63) is 65.4 Å². The maximum atomic E-state index is 12.5. The first kappa shape index (κ1) is 15.4. The molecule has 4 nitrogen and oxygen atoms in total. The SMILES string of the molecule is Cc1ccc(S(=O)(=O)OC2CCc3[nH]c4ccccc4c3C2)cc1. The number of fused-ring (bicyclic) bond motifs is 3. The first-order chi connectivity index (χ1) is 11.5. The molecule has 1 aliphatic rings. The number of rotatable bonds is 3. The van der Waals surface area contributed by atoms with Crippen LogP contribution in [0.1, 0.15) is 23.2 Å². The van der Waals surface area contributed by atoms with Gasteiger partial charge >= 0.3 is 0 Å². The first-order valence-electron chi connectivity index (χ1n) is 8.11. The molecule has 4 rings (SSSR count). The van der Waals surface area contributed by atoms with E-state index in [1.54, 1.807) is 24.3 Å². The van der Waals surface area contributed by atoms with Gasteiger partial charge in [-0.05, 0) is 43.5 Å². The number of H-pyrrole nitrogens is 1. The molecule has 1 N–H and O–H groups in total. The highest BCUT2D eigenvalue weighted by atomic mass is 32.2. The number of aromatic nitrogens is 1. The van der Waals surface area contributed by atoms with E-state index in [4.69, 9.17) is 4.18 Å². The summed E-state index contributed by atoms with van der Waals surface area (Å²) in [5.41, 5.74) is 4.50. The van der Waals surface area contributed by atoms with Crippen molar-refractivity contribution in [1.82, 2.24) is 4.98 Å². The van der Waals surface area contributed by atoms with Crippen molar-refractivity contribution in [2.24, 2.45) is 0 Å². The smallest absolute Gasteiger partial charge is 0.297 e. The Morgan fingerprint density at radius 1 is 1.08 bits per heavy atom. The lowest BCUT2D eigenvalue weighted by Gasteiger charge is -2.22. The van der Waals surface area contributed by atoms with Crippen LogP contribution in [0.3, 0.4) is 0 Å². The zero-order valence-corrected chi connectivity index (χ0v) is 14.3. The van der Waals surface area contributed by atoms with Crippen LogP contribution in [0.25, 0.3) is 10.9 Å². The molecular weight excluding hydrogens is 322 g/mol. The van der Waals surface area contributed by atoms with Crippen molar-refractivity contribution in [3.8, 4) is 0 Å². The van der Waals surface area contributed by atoms with E-state index in [2.05, 4.69) is 11.1 Å². The van der Waals surface area contributed by atoms with E-state index in [9.17, 15) is 8.42 Å². The summed E-state index contributed by atoms with van der Waals surface area (Å²) in [7, 11) is -3.73. The molecule has 0 saturated heterocycles. The Labute approximate surface area is 141 Å². The number of benzene rings is 2. The molecule has 1 aliphatic carbocycles. The summed E-state index contributed by atoms with van der Waals surface area (Å²) >= 11 is 0. The van der Waals surface area contributed by atoms with E-state index in [1.165, 1.54) is 11.3 Å². The average molecular weight is 341 g/mol. The van der Waals surface area contributed by atoms with Crippen molar-refractivity contribution in [1.29, 1.82) is 0 Å². The topological polar surface area (TPSA) is 59.2 Å². The van der Waals surface area contributed by atoms with Gasteiger partial charge in [0.1, 0.15) is 0 Å². The highest BCUT2D eigenvalue weighted by molar-refractivity contribution is 7.86. The molecule has 0 saturated carbocycles. The minimum Gasteiger partial charge on any atom is -0.358 e. The summed E-state index contributed by atoms with van der Waals surface area (Å²) in [4.78, 5) is 3.65. The van der Waals surface area contributed by atoms with E-state index in [1.807, 2.05) is 25.1 Å². The lowest BCUT2D eigenvalue weighted by molar-refractivity contribution is 0.192. The Bertz CT molecular complexity index is 987. The molecule has 3 aromatic rings. The largest absolute Gasteiger partial charge is 0.358 e. The quantitative estimate of drug-likeness (QED) is 0.738. The minimum absolute atomic E-state index is 0.220. The van der Waals surface area contributed by atoms with Gasteiger partial charge < -0.3 is 4.98 Å². The van der Waals surface area contributed by atoms with Crippen LogP contribution < -0.4 is 0 Å². The predicted octanol–water partition coefficient (Wildman–Crippen LogP) is 3.74. The van der Waals surface area contributed by atoms with Crippen molar-refractivity contribution in [3.63, 3.8) is 0 Å². The molecule has 124 valence electrons. The fourth-order valence-electron chi connectivity index (χ4n) is 3.36. The lowest BCUT2D eigenvalue weighted by Crippen LogP contribution is -2.25. The molecule has 1 heterocycles. The van der Waals surface area contributed by atoms with E-state index in [-0.39, 0.29) is 11.0 Å². The molecule has 2 aromatic carbocycles. The van der Waals surface area contributed by atoms with Gasteiger partial charge in [0.15, 0.2) is 0 Å². The molecule has 5 heteroatoms. The standard InChI is InChI=1S/C19H19NO3S/c1-13-6-9-15(10-7-13)24(21,22)23-14-8-11-19-17(12-14)16-4-2-3-5-18(16)20-19/h2-7,9-10,14,20H,8,11-12H2,1H3. The van der Waals surface area contributed by atoms with Crippen molar-refractivity contribution >= 4 is 21.0 Å². The first-order valence-corrected chi connectivity index (χ1v) is 9.52. The van der Waals surface area contributed by atoms with Gasteiger partial charge in [0.2, 0.25) is 0 Å². The van der Waals surface area contributed by atoms with E-state index >= 15 is 0 Å². The monoisotopic (exact) mass is 341 g/mol. The van der Waals surface area contributed by atoms with E-state index in [0.29, 0.717) is 12.8 Å². The van der Waals surface area contributed by atoms with Crippen LogP contribution in [0.4, 0.5) is 0 Å². The lowest BCUT2D eigenvalue weighted by atomic mass is 9.93. The maximum absolute atomic E-state index is 12.5. The molecular formula is C19H19NO3S. The van der Waals surface area contributed by atoms with Gasteiger partial charge in [-0.1, -0.05) is 35.9 Å². The van der Waals surface area contributed by atoms with Crippen LogP contribution in [0.5, 0.6) is 0 Å². The molecule has 0 radical (unpaired) electrons. The van der Waals surface area contributed by atoms with Gasteiger partial charge in [0.05, 0.1) is 11.0 Å². The second-order valence-corrected chi connectivity index (χ2v) is 7.93. The Morgan fingerprint density at radius 3 is 2.62 bits per heavy atom. The summed E-state index contributed by atoms with van der Waals surface area (Å²) in [6.07, 6.45) is 1.80. The number of hydrogen-bond donors (Lipinski definition) is 1. The third kappa shape index (κ3) is 2.74. The van der Waals surface area contributed by atoms with Gasteiger partial charge in [-0.25, -0.2) is 0 Å². The molecule has 1 unspecified atom stereocenters. The molecule has 1 atom stereocenters. The number of aryl methyl sites for hydroxylation is 2. The molecule has 0 fully saturated rings. The van der Waals surface area contributed by atoms with Gasteiger partial charge in [0.25, 0.3) is 10.1 Å². The van der Waals surface area contributed by atoms with Crippen LogP contribution in [0.2, 0.25) is 0 Å². The Morgan fingerprint density at radius 2 is 1.83 bits per heavy atom. The van der Waals surface area contributed by atoms with Crippen LogP contribution in [0.15, 0.2) is 53.4 Å². The summed E-state index contributed by atoms with van der Waals surface area (Å²) in [5, 5.41) is 1.16. The minimum atomic E-state index is -3.73. The molecule has 0 spiro atoms. The van der Waals surface area contributed by atoms with Crippen LogP contribution in [-0.4, -0.2) is 19.5 Å². The van der Waals surface area contributed by atoms with Crippen LogP contribution >= 0.6 is 0 Å².